The second-order valence-corrected chi connectivity index (χ2v) is 7.29. The Bertz CT molecular complexity index is 1010. The van der Waals surface area contributed by atoms with E-state index in [2.05, 4.69) is 11.6 Å². The van der Waals surface area contributed by atoms with E-state index >= 15 is 0 Å². The van der Waals surface area contributed by atoms with E-state index in [1.54, 1.807) is 44.6 Å². The number of hydrogen-bond donors (Lipinski definition) is 1. The number of phenols is 1. The van der Waals surface area contributed by atoms with E-state index in [-0.39, 0.29) is 11.7 Å². The molecule has 1 aliphatic rings. The van der Waals surface area contributed by atoms with Gasteiger partial charge in [0.1, 0.15) is 11.4 Å². The van der Waals surface area contributed by atoms with Gasteiger partial charge < -0.3 is 14.6 Å². The zero-order valence-corrected chi connectivity index (χ0v) is 17.3. The van der Waals surface area contributed by atoms with E-state index in [4.69, 9.17) is 9.47 Å². The molecule has 3 rings (SSSR count). The molecular weight excluding hydrogens is 388 g/mol. The van der Waals surface area contributed by atoms with Crippen molar-refractivity contribution >= 4 is 34.6 Å². The molecule has 0 unspecified atom stereocenters. The third-order valence-corrected chi connectivity index (χ3v) is 5.27. The molecule has 1 heterocycles. The number of nitrogens with zero attached hydrogens (tertiary/aromatic N) is 2. The molecule has 29 heavy (non-hydrogen) atoms. The van der Waals surface area contributed by atoms with Crippen molar-refractivity contribution in [2.45, 2.75) is 6.92 Å². The summed E-state index contributed by atoms with van der Waals surface area (Å²) >= 11 is 1.23. The Morgan fingerprint density at radius 1 is 1.24 bits per heavy atom. The SMILES string of the molecule is C=CCN1C(=O)/C(=C/c2cccc(OC)c2OC)SC1=Nc1ccc(C)cc1O. The average Bonchev–Trinajstić information content (AvgIpc) is 2.99. The van der Waals surface area contributed by atoms with Crippen molar-refractivity contribution < 1.29 is 19.4 Å². The van der Waals surface area contributed by atoms with Gasteiger partial charge in [-0.2, -0.15) is 0 Å². The summed E-state index contributed by atoms with van der Waals surface area (Å²) in [6.45, 7) is 5.92. The molecule has 1 N–H and O–H groups in total. The molecule has 1 amide bonds. The first-order chi connectivity index (χ1) is 14.0. The number of para-hydroxylation sites is 1. The minimum atomic E-state index is -0.190. The number of phenolic OH excluding ortho intramolecular Hbond substituents is 1. The lowest BCUT2D eigenvalue weighted by atomic mass is 10.1. The molecule has 1 fully saturated rings. The van der Waals surface area contributed by atoms with Crippen molar-refractivity contribution in [1.82, 2.24) is 4.90 Å². The largest absolute Gasteiger partial charge is 0.506 e. The first-order valence-corrected chi connectivity index (χ1v) is 9.71. The van der Waals surface area contributed by atoms with Gasteiger partial charge in [0.05, 0.1) is 19.1 Å². The van der Waals surface area contributed by atoms with Crippen LogP contribution in [0.5, 0.6) is 17.2 Å². The number of aromatic hydroxyl groups is 1. The van der Waals surface area contributed by atoms with Crippen molar-refractivity contribution in [3.8, 4) is 17.2 Å². The number of amides is 1. The van der Waals surface area contributed by atoms with Gasteiger partial charge in [-0.3, -0.25) is 9.69 Å². The van der Waals surface area contributed by atoms with Gasteiger partial charge in [-0.05, 0) is 48.5 Å². The summed E-state index contributed by atoms with van der Waals surface area (Å²) in [6.07, 6.45) is 3.39. The van der Waals surface area contributed by atoms with Gasteiger partial charge in [0, 0.05) is 12.1 Å². The minimum Gasteiger partial charge on any atom is -0.506 e. The summed E-state index contributed by atoms with van der Waals surface area (Å²) in [5, 5.41) is 10.7. The molecule has 0 bridgehead atoms. The van der Waals surface area contributed by atoms with Gasteiger partial charge in [-0.15, -0.1) is 6.58 Å². The van der Waals surface area contributed by atoms with Crippen molar-refractivity contribution in [2.75, 3.05) is 20.8 Å². The van der Waals surface area contributed by atoms with Crippen molar-refractivity contribution in [1.29, 1.82) is 0 Å². The normalized spacial score (nSPS) is 16.5. The van der Waals surface area contributed by atoms with Gasteiger partial charge >= 0.3 is 0 Å². The molecule has 7 heteroatoms. The van der Waals surface area contributed by atoms with Crippen molar-refractivity contribution in [3.05, 3.63) is 65.1 Å². The van der Waals surface area contributed by atoms with E-state index in [0.717, 1.165) is 11.1 Å². The third kappa shape index (κ3) is 4.30. The second-order valence-electron chi connectivity index (χ2n) is 6.28. The molecule has 1 saturated heterocycles. The van der Waals surface area contributed by atoms with E-state index in [1.165, 1.54) is 16.7 Å². The van der Waals surface area contributed by atoms with Crippen LogP contribution in [-0.2, 0) is 4.79 Å². The fraction of sp³-hybridized carbons (Fsp3) is 0.182. The number of carbonyl (C=O) groups is 1. The Balaban J connectivity index is 2.03. The standard InChI is InChI=1S/C22H22N2O4S/c1-5-11-24-21(26)19(13-15-7-6-8-18(27-3)20(15)28-4)29-22(24)23-16-10-9-14(2)12-17(16)25/h5-10,12-13,25H,1,11H2,2-4H3/b19-13-,23-22?. The van der Waals surface area contributed by atoms with E-state index in [1.807, 2.05) is 25.1 Å². The number of thioether (sulfide) groups is 1. The molecule has 6 nitrogen and oxygen atoms in total. The highest BCUT2D eigenvalue weighted by Crippen LogP contribution is 2.39. The summed E-state index contributed by atoms with van der Waals surface area (Å²) in [5.41, 5.74) is 2.05. The Morgan fingerprint density at radius 3 is 2.69 bits per heavy atom. The van der Waals surface area contributed by atoms with Crippen LogP contribution < -0.4 is 9.47 Å². The van der Waals surface area contributed by atoms with Crippen LogP contribution in [0.1, 0.15) is 11.1 Å². The quantitative estimate of drug-likeness (QED) is 0.560. The van der Waals surface area contributed by atoms with Crippen LogP contribution in [0.4, 0.5) is 5.69 Å². The maximum absolute atomic E-state index is 13.0. The number of benzene rings is 2. The van der Waals surface area contributed by atoms with E-state index < -0.39 is 0 Å². The van der Waals surface area contributed by atoms with Crippen LogP contribution in [0.3, 0.4) is 0 Å². The van der Waals surface area contributed by atoms with Crippen molar-refractivity contribution in [2.24, 2.45) is 4.99 Å². The Kier molecular flexibility index (Phi) is 6.29. The van der Waals surface area contributed by atoms with Gasteiger partial charge in [0.2, 0.25) is 0 Å². The fourth-order valence-corrected chi connectivity index (χ4v) is 3.87. The summed E-state index contributed by atoms with van der Waals surface area (Å²) in [4.78, 5) is 19.5. The zero-order valence-electron chi connectivity index (χ0n) is 16.5. The summed E-state index contributed by atoms with van der Waals surface area (Å²) < 4.78 is 10.8. The first-order valence-electron chi connectivity index (χ1n) is 8.90. The average molecular weight is 410 g/mol. The Labute approximate surface area is 174 Å². The van der Waals surface area contributed by atoms with Gasteiger partial charge in [0.25, 0.3) is 5.91 Å². The molecule has 2 aromatic carbocycles. The molecule has 150 valence electrons. The number of carbonyl (C=O) groups excluding carboxylic acids is 1. The smallest absolute Gasteiger partial charge is 0.267 e. The van der Waals surface area contributed by atoms with Crippen molar-refractivity contribution in [3.63, 3.8) is 0 Å². The van der Waals surface area contributed by atoms with Crippen LogP contribution in [0.2, 0.25) is 0 Å². The summed E-state index contributed by atoms with van der Waals surface area (Å²) in [6, 6.07) is 10.7. The van der Waals surface area contributed by atoms with Gasteiger partial charge in [-0.1, -0.05) is 24.3 Å². The van der Waals surface area contributed by atoms with Gasteiger partial charge in [0.15, 0.2) is 16.7 Å². The third-order valence-electron chi connectivity index (χ3n) is 4.27. The number of methoxy groups -OCH3 is 2. The Hall–Kier alpha value is -3.19. The fourth-order valence-electron chi connectivity index (χ4n) is 2.88. The van der Waals surface area contributed by atoms with Crippen LogP contribution in [0.25, 0.3) is 6.08 Å². The number of rotatable bonds is 6. The maximum atomic E-state index is 13.0. The lowest BCUT2D eigenvalue weighted by molar-refractivity contribution is -0.121. The highest BCUT2D eigenvalue weighted by atomic mass is 32.2. The number of aliphatic imine (C=N–C) groups is 1. The predicted octanol–water partition coefficient (Wildman–Crippen LogP) is 4.51. The number of ether oxygens (including phenoxy) is 2. The highest BCUT2D eigenvalue weighted by Gasteiger charge is 2.33. The summed E-state index contributed by atoms with van der Waals surface area (Å²) in [5.74, 6) is 1.01. The lowest BCUT2D eigenvalue weighted by Crippen LogP contribution is -2.29. The number of hydrogen-bond acceptors (Lipinski definition) is 6. The molecule has 0 aromatic heterocycles. The highest BCUT2D eigenvalue weighted by molar-refractivity contribution is 8.18. The molecule has 0 atom stereocenters. The van der Waals surface area contributed by atoms with Crippen LogP contribution >= 0.6 is 11.8 Å². The number of amidine groups is 1. The van der Waals surface area contributed by atoms with E-state index in [9.17, 15) is 9.90 Å². The molecule has 2 aromatic rings. The predicted molar refractivity (Wildman–Crippen MR) is 117 cm³/mol. The monoisotopic (exact) mass is 410 g/mol. The zero-order chi connectivity index (χ0) is 21.0. The maximum Gasteiger partial charge on any atom is 0.267 e. The molecule has 0 aliphatic carbocycles. The molecule has 0 saturated carbocycles. The van der Waals surface area contributed by atoms with Gasteiger partial charge in [-0.25, -0.2) is 4.99 Å². The topological polar surface area (TPSA) is 71.4 Å². The number of aryl methyl sites for hydroxylation is 1. The summed E-state index contributed by atoms with van der Waals surface area (Å²) in [7, 11) is 3.12. The first kappa shape index (κ1) is 20.5. The molecule has 1 aliphatic heterocycles. The molecule has 0 spiro atoms. The molecular formula is C22H22N2O4S. The van der Waals surface area contributed by atoms with Crippen LogP contribution in [0.15, 0.2) is 59.0 Å². The lowest BCUT2D eigenvalue weighted by Gasteiger charge is -2.13. The molecule has 0 radical (unpaired) electrons. The Morgan fingerprint density at radius 2 is 2.03 bits per heavy atom. The second kappa shape index (κ2) is 8.87. The minimum absolute atomic E-state index is 0.0657. The van der Waals surface area contributed by atoms with Crippen LogP contribution in [-0.4, -0.2) is 41.8 Å². The van der Waals surface area contributed by atoms with E-state index in [0.29, 0.717) is 33.8 Å². The van der Waals surface area contributed by atoms with Crippen LogP contribution in [0, 0.1) is 6.92 Å².